The third kappa shape index (κ3) is 1.46. The van der Waals surface area contributed by atoms with Gasteiger partial charge in [0.2, 0.25) is 0 Å². The van der Waals surface area contributed by atoms with E-state index >= 15 is 0 Å². The highest BCUT2D eigenvalue weighted by Gasteiger charge is 2.12. The van der Waals surface area contributed by atoms with Crippen LogP contribution in [0.5, 0.6) is 0 Å². The molecule has 16 heavy (non-hydrogen) atoms. The number of aromatic nitrogens is 1. The molecule has 1 aromatic carbocycles. The van der Waals surface area contributed by atoms with Crippen LogP contribution in [0.1, 0.15) is 12.5 Å². The predicted molar refractivity (Wildman–Crippen MR) is 61.8 cm³/mol. The fraction of sp³-hybridized carbons (Fsp3) is 0.182. The maximum absolute atomic E-state index is 11.2. The lowest BCUT2D eigenvalue weighted by atomic mass is 10.1. The van der Waals surface area contributed by atoms with Crippen molar-refractivity contribution in [2.24, 2.45) is 10.9 Å². The smallest absolute Gasteiger partial charge is 0.323 e. The first-order valence-corrected chi connectivity index (χ1v) is 4.94. The summed E-state index contributed by atoms with van der Waals surface area (Å²) in [7, 11) is 0. The molecule has 2 aromatic rings. The van der Waals surface area contributed by atoms with Crippen LogP contribution in [0.25, 0.3) is 10.9 Å². The van der Waals surface area contributed by atoms with Crippen molar-refractivity contribution in [3.8, 4) is 0 Å². The summed E-state index contributed by atoms with van der Waals surface area (Å²) in [5, 5.41) is 3.52. The van der Waals surface area contributed by atoms with Crippen molar-refractivity contribution in [1.82, 2.24) is 4.57 Å². The first-order valence-electron chi connectivity index (χ1n) is 4.94. The Morgan fingerprint density at radius 1 is 1.50 bits per heavy atom. The average Bonchev–Trinajstić information content (AvgIpc) is 2.66. The molecule has 2 N–H and O–H groups in total. The number of hydrogen-bond donors (Lipinski definition) is 1. The number of amides is 1. The van der Waals surface area contributed by atoms with Crippen LogP contribution < -0.4 is 5.73 Å². The maximum Gasteiger partial charge on any atom is 0.323 e. The third-order valence-electron chi connectivity index (χ3n) is 2.59. The minimum absolute atomic E-state index is 0.233. The number of benzene rings is 1. The van der Waals surface area contributed by atoms with Crippen molar-refractivity contribution >= 4 is 22.6 Å². The SMILES string of the molecule is CCc1ccc2c(N=O)cn(C(N)=O)c2c1. The number of nitroso groups, excluding NO2 is 1. The standard InChI is InChI=1S/C11H11N3O2/c1-2-7-3-4-8-9(13-16)6-14(11(12)15)10(8)5-7/h3-6H,2H2,1H3,(H2,12,15). The number of rotatable bonds is 2. The molecule has 0 fully saturated rings. The van der Waals surface area contributed by atoms with Crippen LogP contribution in [0.15, 0.2) is 29.6 Å². The van der Waals surface area contributed by atoms with E-state index in [0.29, 0.717) is 10.9 Å². The molecule has 1 heterocycles. The molecule has 0 saturated heterocycles. The van der Waals surface area contributed by atoms with Gasteiger partial charge in [0.05, 0.1) is 5.52 Å². The third-order valence-corrected chi connectivity index (χ3v) is 2.59. The Kier molecular flexibility index (Phi) is 2.44. The summed E-state index contributed by atoms with van der Waals surface area (Å²) in [4.78, 5) is 21.8. The van der Waals surface area contributed by atoms with Gasteiger partial charge in [0.15, 0.2) is 0 Å². The Balaban J connectivity index is 2.80. The van der Waals surface area contributed by atoms with Crippen LogP contribution >= 0.6 is 0 Å². The number of nitrogens with zero attached hydrogens (tertiary/aromatic N) is 2. The van der Waals surface area contributed by atoms with Crippen LogP contribution in [0.3, 0.4) is 0 Å². The van der Waals surface area contributed by atoms with Gasteiger partial charge in [0, 0.05) is 11.6 Å². The van der Waals surface area contributed by atoms with E-state index in [0.717, 1.165) is 12.0 Å². The molecule has 1 amide bonds. The van der Waals surface area contributed by atoms with Gasteiger partial charge in [0.1, 0.15) is 5.69 Å². The lowest BCUT2D eigenvalue weighted by Gasteiger charge is -2.00. The van der Waals surface area contributed by atoms with E-state index < -0.39 is 6.03 Å². The second-order valence-corrected chi connectivity index (χ2v) is 3.52. The van der Waals surface area contributed by atoms with E-state index in [-0.39, 0.29) is 5.69 Å². The summed E-state index contributed by atoms with van der Waals surface area (Å²) in [6.07, 6.45) is 2.21. The molecule has 5 nitrogen and oxygen atoms in total. The molecule has 0 aliphatic heterocycles. The predicted octanol–water partition coefficient (Wildman–Crippen LogP) is 2.53. The van der Waals surface area contributed by atoms with Gasteiger partial charge < -0.3 is 5.73 Å². The van der Waals surface area contributed by atoms with E-state index in [2.05, 4.69) is 5.18 Å². The molecule has 0 spiro atoms. The van der Waals surface area contributed by atoms with Crippen molar-refractivity contribution in [2.75, 3.05) is 0 Å². The van der Waals surface area contributed by atoms with E-state index in [4.69, 9.17) is 5.73 Å². The van der Waals surface area contributed by atoms with Crippen LogP contribution in [0.4, 0.5) is 10.5 Å². The lowest BCUT2D eigenvalue weighted by Crippen LogP contribution is -2.18. The number of primary amides is 1. The van der Waals surface area contributed by atoms with Crippen molar-refractivity contribution in [3.05, 3.63) is 34.9 Å². The van der Waals surface area contributed by atoms with Crippen LogP contribution in [-0.2, 0) is 6.42 Å². The quantitative estimate of drug-likeness (QED) is 0.784. The number of fused-ring (bicyclic) bond motifs is 1. The lowest BCUT2D eigenvalue weighted by molar-refractivity contribution is 0.251. The van der Waals surface area contributed by atoms with Gasteiger partial charge in [-0.1, -0.05) is 19.1 Å². The highest BCUT2D eigenvalue weighted by Crippen LogP contribution is 2.28. The van der Waals surface area contributed by atoms with Gasteiger partial charge in [-0.15, -0.1) is 4.91 Å². The molecule has 82 valence electrons. The van der Waals surface area contributed by atoms with Crippen LogP contribution in [0.2, 0.25) is 0 Å². The summed E-state index contributed by atoms with van der Waals surface area (Å²) in [5.74, 6) is 0. The molecule has 0 radical (unpaired) electrons. The van der Waals surface area contributed by atoms with Crippen molar-refractivity contribution in [1.29, 1.82) is 0 Å². The topological polar surface area (TPSA) is 77.4 Å². The zero-order valence-corrected chi connectivity index (χ0v) is 8.80. The summed E-state index contributed by atoms with van der Waals surface area (Å²) in [6, 6.07) is 4.91. The molecular weight excluding hydrogens is 206 g/mol. The minimum atomic E-state index is -0.617. The summed E-state index contributed by atoms with van der Waals surface area (Å²) >= 11 is 0. The number of nitrogens with two attached hydrogens (primary N) is 1. The molecule has 0 saturated carbocycles. The highest BCUT2D eigenvalue weighted by atomic mass is 16.3. The van der Waals surface area contributed by atoms with Gasteiger partial charge >= 0.3 is 6.03 Å². The van der Waals surface area contributed by atoms with E-state index in [1.54, 1.807) is 6.07 Å². The largest absolute Gasteiger partial charge is 0.351 e. The molecule has 2 rings (SSSR count). The summed E-state index contributed by atoms with van der Waals surface area (Å²) in [6.45, 7) is 2.01. The molecule has 5 heteroatoms. The summed E-state index contributed by atoms with van der Waals surface area (Å²) < 4.78 is 1.24. The van der Waals surface area contributed by atoms with E-state index in [1.165, 1.54) is 10.8 Å². The Morgan fingerprint density at radius 2 is 2.25 bits per heavy atom. The Hall–Kier alpha value is -2.17. The molecule has 0 unspecified atom stereocenters. The maximum atomic E-state index is 11.2. The van der Waals surface area contributed by atoms with Gasteiger partial charge in [-0.05, 0) is 23.2 Å². The Morgan fingerprint density at radius 3 is 2.81 bits per heavy atom. The molecular formula is C11H11N3O2. The fourth-order valence-corrected chi connectivity index (χ4v) is 1.73. The minimum Gasteiger partial charge on any atom is -0.351 e. The normalized spacial score (nSPS) is 10.6. The van der Waals surface area contributed by atoms with Crippen molar-refractivity contribution < 1.29 is 4.79 Å². The molecule has 0 atom stereocenters. The zero-order chi connectivity index (χ0) is 11.7. The van der Waals surface area contributed by atoms with Gasteiger partial charge in [-0.2, -0.15) is 0 Å². The van der Waals surface area contributed by atoms with Gasteiger partial charge in [-0.25, -0.2) is 4.79 Å². The average molecular weight is 217 g/mol. The second kappa shape index (κ2) is 3.77. The number of carbonyl (C=O) groups excluding carboxylic acids is 1. The van der Waals surface area contributed by atoms with Crippen LogP contribution in [-0.4, -0.2) is 10.6 Å². The Bertz CT molecular complexity index is 572. The fourth-order valence-electron chi connectivity index (χ4n) is 1.73. The zero-order valence-electron chi connectivity index (χ0n) is 8.80. The molecule has 0 aliphatic carbocycles. The number of carbonyl (C=O) groups is 1. The monoisotopic (exact) mass is 217 g/mol. The first-order chi connectivity index (χ1) is 7.67. The van der Waals surface area contributed by atoms with Gasteiger partial charge in [0.25, 0.3) is 0 Å². The van der Waals surface area contributed by atoms with Gasteiger partial charge in [-0.3, -0.25) is 4.57 Å². The Labute approximate surface area is 91.8 Å². The summed E-state index contributed by atoms with van der Waals surface area (Å²) in [5.41, 5.74) is 7.15. The second-order valence-electron chi connectivity index (χ2n) is 3.52. The molecule has 1 aromatic heterocycles. The van der Waals surface area contributed by atoms with E-state index in [9.17, 15) is 9.70 Å². The van der Waals surface area contributed by atoms with Crippen molar-refractivity contribution in [2.45, 2.75) is 13.3 Å². The highest BCUT2D eigenvalue weighted by molar-refractivity contribution is 5.98. The number of hydrogen-bond acceptors (Lipinski definition) is 3. The van der Waals surface area contributed by atoms with Crippen LogP contribution in [0, 0.1) is 4.91 Å². The molecule has 0 bridgehead atoms. The molecule has 0 aliphatic rings. The first kappa shape index (κ1) is 10.4. The van der Waals surface area contributed by atoms with Crippen molar-refractivity contribution in [3.63, 3.8) is 0 Å². The number of aryl methyl sites for hydroxylation is 1. The van der Waals surface area contributed by atoms with E-state index in [1.807, 2.05) is 19.1 Å².